The highest BCUT2D eigenvalue weighted by Gasteiger charge is 2.20. The molecular weight excluding hydrogens is 202 g/mol. The van der Waals surface area contributed by atoms with Gasteiger partial charge in [-0.1, -0.05) is 13.8 Å². The van der Waals surface area contributed by atoms with Crippen molar-refractivity contribution in [3.8, 4) is 6.07 Å². The van der Waals surface area contributed by atoms with E-state index in [-0.39, 0.29) is 5.41 Å². The molecule has 0 bridgehead atoms. The topological polar surface area (TPSA) is 78.8 Å². The molecule has 1 aromatic rings. The minimum Gasteiger partial charge on any atom is -0.357 e. The monoisotopic (exact) mass is 219 g/mol. The highest BCUT2D eigenvalue weighted by Crippen LogP contribution is 2.19. The highest BCUT2D eigenvalue weighted by molar-refractivity contribution is 5.48. The van der Waals surface area contributed by atoms with Crippen LogP contribution in [0.4, 0.5) is 5.82 Å². The molecule has 1 rings (SSSR count). The van der Waals surface area contributed by atoms with Crippen LogP contribution in [0.3, 0.4) is 0 Å². The summed E-state index contributed by atoms with van der Waals surface area (Å²) in [5.41, 5.74) is 6.01. The molecule has 1 aromatic heterocycles. The Kier molecular flexibility index (Phi) is 3.80. The van der Waals surface area contributed by atoms with Crippen LogP contribution in [0.15, 0.2) is 12.4 Å². The van der Waals surface area contributed by atoms with Crippen LogP contribution in [0.25, 0.3) is 0 Å². The average molecular weight is 219 g/mol. The Bertz CT molecular complexity index is 394. The van der Waals surface area contributed by atoms with Gasteiger partial charge in [0.25, 0.3) is 0 Å². The molecule has 0 saturated carbocycles. The van der Waals surface area contributed by atoms with Gasteiger partial charge in [0.2, 0.25) is 0 Å². The van der Waals surface area contributed by atoms with E-state index < -0.39 is 0 Å². The van der Waals surface area contributed by atoms with Crippen LogP contribution in [0, 0.1) is 16.7 Å². The van der Waals surface area contributed by atoms with Gasteiger partial charge in [0.1, 0.15) is 6.07 Å². The van der Waals surface area contributed by atoms with Gasteiger partial charge in [0.15, 0.2) is 11.5 Å². The Morgan fingerprint density at radius 1 is 1.44 bits per heavy atom. The maximum absolute atomic E-state index is 8.92. The Morgan fingerprint density at radius 3 is 2.62 bits per heavy atom. The largest absolute Gasteiger partial charge is 0.357 e. The predicted molar refractivity (Wildman–Crippen MR) is 62.9 cm³/mol. The van der Waals surface area contributed by atoms with E-state index in [0.717, 1.165) is 6.54 Å². The van der Waals surface area contributed by atoms with Crippen LogP contribution < -0.4 is 10.6 Å². The van der Waals surface area contributed by atoms with Gasteiger partial charge in [0.05, 0.1) is 0 Å². The Labute approximate surface area is 95.9 Å². The average Bonchev–Trinajstić information content (AvgIpc) is 2.28. The first-order valence-electron chi connectivity index (χ1n) is 5.12. The van der Waals surface area contributed by atoms with E-state index in [9.17, 15) is 0 Å². The van der Waals surface area contributed by atoms with Gasteiger partial charge >= 0.3 is 0 Å². The molecule has 0 saturated heterocycles. The number of nitrogens with two attached hydrogens (primary N) is 1. The van der Waals surface area contributed by atoms with Crippen molar-refractivity contribution in [2.45, 2.75) is 13.8 Å². The van der Waals surface area contributed by atoms with Crippen LogP contribution in [-0.4, -0.2) is 30.1 Å². The van der Waals surface area contributed by atoms with Gasteiger partial charge in [-0.05, 0) is 12.0 Å². The standard InChI is InChI=1S/C11H17N5/c1-11(2,7-13)8-16(3)10-9(6-12)14-4-5-15-10/h4-5H,7-8,13H2,1-3H3. The summed E-state index contributed by atoms with van der Waals surface area (Å²) in [7, 11) is 1.89. The van der Waals surface area contributed by atoms with Crippen molar-refractivity contribution in [1.82, 2.24) is 9.97 Å². The highest BCUT2D eigenvalue weighted by atomic mass is 15.2. The summed E-state index contributed by atoms with van der Waals surface area (Å²) < 4.78 is 0. The van der Waals surface area contributed by atoms with E-state index in [1.165, 1.54) is 6.20 Å². The van der Waals surface area contributed by atoms with Crippen molar-refractivity contribution in [1.29, 1.82) is 5.26 Å². The zero-order valence-corrected chi connectivity index (χ0v) is 9.94. The summed E-state index contributed by atoms with van der Waals surface area (Å²) in [6.45, 7) is 5.47. The molecular formula is C11H17N5. The summed E-state index contributed by atoms with van der Waals surface area (Å²) in [6, 6.07) is 2.03. The smallest absolute Gasteiger partial charge is 0.183 e. The molecule has 0 amide bonds. The summed E-state index contributed by atoms with van der Waals surface area (Å²) in [4.78, 5) is 10.1. The second-order valence-electron chi connectivity index (χ2n) is 4.56. The molecule has 2 N–H and O–H groups in total. The molecule has 5 heteroatoms. The lowest BCUT2D eigenvalue weighted by atomic mass is 9.93. The fourth-order valence-corrected chi connectivity index (χ4v) is 1.47. The first kappa shape index (κ1) is 12.4. The van der Waals surface area contributed by atoms with Crippen LogP contribution in [0.2, 0.25) is 0 Å². The molecule has 0 aromatic carbocycles. The lowest BCUT2D eigenvalue weighted by Crippen LogP contribution is -2.37. The van der Waals surface area contributed by atoms with Crippen LogP contribution >= 0.6 is 0 Å². The van der Waals surface area contributed by atoms with E-state index in [2.05, 4.69) is 23.8 Å². The zero-order chi connectivity index (χ0) is 12.2. The van der Waals surface area contributed by atoms with Gasteiger partial charge in [-0.15, -0.1) is 0 Å². The minimum atomic E-state index is -0.0149. The Balaban J connectivity index is 2.89. The van der Waals surface area contributed by atoms with Crippen molar-refractivity contribution in [2.24, 2.45) is 11.1 Å². The van der Waals surface area contributed by atoms with Crippen molar-refractivity contribution >= 4 is 5.82 Å². The summed E-state index contributed by atoms with van der Waals surface area (Å²) in [5.74, 6) is 0.603. The molecule has 0 aliphatic rings. The number of hydrogen-bond acceptors (Lipinski definition) is 5. The number of hydrogen-bond donors (Lipinski definition) is 1. The third-order valence-electron chi connectivity index (χ3n) is 2.36. The second kappa shape index (κ2) is 4.90. The normalized spacial score (nSPS) is 10.9. The molecule has 5 nitrogen and oxygen atoms in total. The first-order chi connectivity index (χ1) is 7.50. The van der Waals surface area contributed by atoms with Gasteiger partial charge in [0, 0.05) is 26.0 Å². The van der Waals surface area contributed by atoms with E-state index in [1.807, 2.05) is 18.0 Å². The van der Waals surface area contributed by atoms with E-state index in [0.29, 0.717) is 18.1 Å². The molecule has 0 fully saturated rings. The zero-order valence-electron chi connectivity index (χ0n) is 9.94. The molecule has 0 aliphatic carbocycles. The van der Waals surface area contributed by atoms with Gasteiger partial charge in [-0.2, -0.15) is 5.26 Å². The molecule has 0 spiro atoms. The molecule has 0 atom stereocenters. The third kappa shape index (κ3) is 2.91. The van der Waals surface area contributed by atoms with Crippen molar-refractivity contribution < 1.29 is 0 Å². The summed E-state index contributed by atoms with van der Waals surface area (Å²) in [5, 5.41) is 8.92. The maximum atomic E-state index is 8.92. The molecule has 1 heterocycles. The first-order valence-corrected chi connectivity index (χ1v) is 5.12. The molecule has 16 heavy (non-hydrogen) atoms. The lowest BCUT2D eigenvalue weighted by Gasteiger charge is -2.29. The quantitative estimate of drug-likeness (QED) is 0.809. The minimum absolute atomic E-state index is 0.0149. The van der Waals surface area contributed by atoms with Crippen molar-refractivity contribution in [3.63, 3.8) is 0 Å². The lowest BCUT2D eigenvalue weighted by molar-refractivity contribution is 0.384. The number of nitriles is 1. The van der Waals surface area contributed by atoms with Gasteiger partial charge in [-0.3, -0.25) is 0 Å². The number of aromatic nitrogens is 2. The fraction of sp³-hybridized carbons (Fsp3) is 0.545. The predicted octanol–water partition coefficient (Wildman–Crippen LogP) is 0.769. The summed E-state index contributed by atoms with van der Waals surface area (Å²) in [6.07, 6.45) is 3.10. The number of rotatable bonds is 4. The molecule has 86 valence electrons. The number of nitrogens with zero attached hydrogens (tertiary/aromatic N) is 4. The fourth-order valence-electron chi connectivity index (χ4n) is 1.47. The Morgan fingerprint density at radius 2 is 2.06 bits per heavy atom. The van der Waals surface area contributed by atoms with Crippen LogP contribution in [0.5, 0.6) is 0 Å². The van der Waals surface area contributed by atoms with Crippen molar-refractivity contribution in [2.75, 3.05) is 25.0 Å². The van der Waals surface area contributed by atoms with E-state index in [4.69, 9.17) is 11.0 Å². The molecule has 0 unspecified atom stereocenters. The van der Waals surface area contributed by atoms with Gasteiger partial charge < -0.3 is 10.6 Å². The second-order valence-corrected chi connectivity index (χ2v) is 4.56. The Hall–Kier alpha value is -1.67. The van der Waals surface area contributed by atoms with Gasteiger partial charge in [-0.25, -0.2) is 9.97 Å². The summed E-state index contributed by atoms with van der Waals surface area (Å²) >= 11 is 0. The van der Waals surface area contributed by atoms with E-state index >= 15 is 0 Å². The SMILES string of the molecule is CN(CC(C)(C)CN)c1nccnc1C#N. The van der Waals surface area contributed by atoms with Crippen LogP contribution in [0.1, 0.15) is 19.5 Å². The van der Waals surface area contributed by atoms with E-state index in [1.54, 1.807) is 6.20 Å². The third-order valence-corrected chi connectivity index (χ3v) is 2.36. The van der Waals surface area contributed by atoms with Crippen LogP contribution in [-0.2, 0) is 0 Å². The molecule has 0 aliphatic heterocycles. The molecule has 0 radical (unpaired) electrons. The maximum Gasteiger partial charge on any atom is 0.183 e. The van der Waals surface area contributed by atoms with Crippen molar-refractivity contribution in [3.05, 3.63) is 18.1 Å². The number of anilines is 1.